The molecule has 3 rings (SSSR count). The molecule has 92 valence electrons. The predicted molar refractivity (Wildman–Crippen MR) is 73.9 cm³/mol. The highest BCUT2D eigenvalue weighted by Gasteiger charge is 2.17. The highest BCUT2D eigenvalue weighted by Crippen LogP contribution is 2.36. The van der Waals surface area contributed by atoms with Crippen LogP contribution in [-0.2, 0) is 11.2 Å². The van der Waals surface area contributed by atoms with E-state index in [2.05, 4.69) is 10.3 Å². The maximum absolute atomic E-state index is 11.3. The Labute approximate surface area is 113 Å². The van der Waals surface area contributed by atoms with Crippen LogP contribution in [0.25, 0.3) is 11.3 Å². The SMILES string of the molecule is Nc1nc(-c2ccc3c(c2)CCC(=O)N3)c(Cl)s1. The number of rotatable bonds is 1. The lowest BCUT2D eigenvalue weighted by atomic mass is 9.99. The molecule has 1 aromatic carbocycles. The fourth-order valence-corrected chi connectivity index (χ4v) is 3.00. The van der Waals surface area contributed by atoms with Crippen molar-refractivity contribution in [2.45, 2.75) is 12.8 Å². The highest BCUT2D eigenvalue weighted by molar-refractivity contribution is 7.19. The predicted octanol–water partition coefficient (Wildman–Crippen LogP) is 2.93. The standard InChI is InChI=1S/C12H10ClN3OS/c13-11-10(16-12(14)18-11)7-1-3-8-6(5-7)2-4-9(17)15-8/h1,3,5H,2,4H2,(H2,14,16)(H,15,17). The number of nitrogens with zero attached hydrogens (tertiary/aromatic N) is 1. The first-order valence-electron chi connectivity index (χ1n) is 5.48. The summed E-state index contributed by atoms with van der Waals surface area (Å²) in [5, 5.41) is 3.30. The van der Waals surface area contributed by atoms with Gasteiger partial charge in [0.1, 0.15) is 10.0 Å². The topological polar surface area (TPSA) is 68.0 Å². The van der Waals surface area contributed by atoms with Gasteiger partial charge in [0.15, 0.2) is 5.13 Å². The molecule has 6 heteroatoms. The lowest BCUT2D eigenvalue weighted by molar-refractivity contribution is -0.116. The van der Waals surface area contributed by atoms with Crippen LogP contribution in [0.3, 0.4) is 0 Å². The maximum Gasteiger partial charge on any atom is 0.224 e. The number of carbonyl (C=O) groups excluding carboxylic acids is 1. The molecule has 0 spiro atoms. The molecule has 0 bridgehead atoms. The van der Waals surface area contributed by atoms with Crippen LogP contribution in [0, 0.1) is 0 Å². The zero-order valence-electron chi connectivity index (χ0n) is 9.37. The number of aromatic nitrogens is 1. The van der Waals surface area contributed by atoms with Gasteiger partial charge < -0.3 is 11.1 Å². The Bertz CT molecular complexity index is 638. The molecule has 0 radical (unpaired) electrons. The fourth-order valence-electron chi connectivity index (χ4n) is 2.03. The third-order valence-corrected chi connectivity index (χ3v) is 3.96. The fraction of sp³-hybridized carbons (Fsp3) is 0.167. The maximum atomic E-state index is 11.3. The summed E-state index contributed by atoms with van der Waals surface area (Å²) < 4.78 is 0.590. The van der Waals surface area contributed by atoms with E-state index < -0.39 is 0 Å². The van der Waals surface area contributed by atoms with Gasteiger partial charge in [-0.2, -0.15) is 0 Å². The number of benzene rings is 1. The molecule has 3 N–H and O–H groups in total. The summed E-state index contributed by atoms with van der Waals surface area (Å²) in [6.45, 7) is 0. The van der Waals surface area contributed by atoms with Crippen LogP contribution in [0.15, 0.2) is 18.2 Å². The lowest BCUT2D eigenvalue weighted by Crippen LogP contribution is -2.18. The van der Waals surface area contributed by atoms with Crippen molar-refractivity contribution in [1.29, 1.82) is 0 Å². The summed E-state index contributed by atoms with van der Waals surface area (Å²) in [5.74, 6) is 0.0613. The van der Waals surface area contributed by atoms with E-state index in [0.29, 0.717) is 21.6 Å². The molecule has 0 fully saturated rings. The molecular weight excluding hydrogens is 270 g/mol. The molecule has 0 unspecified atom stereocenters. The smallest absolute Gasteiger partial charge is 0.224 e. The molecule has 18 heavy (non-hydrogen) atoms. The number of hydrogen-bond acceptors (Lipinski definition) is 4. The summed E-state index contributed by atoms with van der Waals surface area (Å²) in [6, 6.07) is 5.79. The van der Waals surface area contributed by atoms with E-state index in [1.54, 1.807) is 0 Å². The van der Waals surface area contributed by atoms with Gasteiger partial charge in [-0.3, -0.25) is 4.79 Å². The van der Waals surface area contributed by atoms with Gasteiger partial charge in [0.2, 0.25) is 5.91 Å². The molecular formula is C12H10ClN3OS. The van der Waals surface area contributed by atoms with Crippen molar-refractivity contribution >= 4 is 39.7 Å². The van der Waals surface area contributed by atoms with E-state index >= 15 is 0 Å². The number of thiazole rings is 1. The Kier molecular flexibility index (Phi) is 2.72. The monoisotopic (exact) mass is 279 g/mol. The molecule has 0 saturated carbocycles. The molecule has 2 aromatic rings. The van der Waals surface area contributed by atoms with Crippen molar-refractivity contribution < 1.29 is 4.79 Å². The largest absolute Gasteiger partial charge is 0.375 e. The summed E-state index contributed by atoms with van der Waals surface area (Å²) in [4.78, 5) is 15.5. The average molecular weight is 280 g/mol. The van der Waals surface area contributed by atoms with Crippen molar-refractivity contribution in [1.82, 2.24) is 4.98 Å². The van der Waals surface area contributed by atoms with Gasteiger partial charge in [-0.1, -0.05) is 29.0 Å². The van der Waals surface area contributed by atoms with E-state index in [4.69, 9.17) is 17.3 Å². The summed E-state index contributed by atoms with van der Waals surface area (Å²) >= 11 is 7.36. The zero-order valence-corrected chi connectivity index (χ0v) is 10.9. The third kappa shape index (κ3) is 1.95. The van der Waals surface area contributed by atoms with E-state index in [1.807, 2.05) is 18.2 Å². The van der Waals surface area contributed by atoms with Crippen molar-refractivity contribution in [3.8, 4) is 11.3 Å². The first-order chi connectivity index (χ1) is 8.63. The average Bonchev–Trinajstić information content (AvgIpc) is 2.68. The van der Waals surface area contributed by atoms with Gasteiger partial charge in [-0.15, -0.1) is 0 Å². The van der Waals surface area contributed by atoms with Gasteiger partial charge >= 0.3 is 0 Å². The first kappa shape index (κ1) is 11.5. The number of nitrogen functional groups attached to an aromatic ring is 1. The second kappa shape index (κ2) is 4.26. The quantitative estimate of drug-likeness (QED) is 0.843. The molecule has 0 atom stereocenters. The zero-order chi connectivity index (χ0) is 12.7. The summed E-state index contributed by atoms with van der Waals surface area (Å²) in [5.41, 5.74) is 9.26. The van der Waals surface area contributed by atoms with Gasteiger partial charge in [-0.25, -0.2) is 4.98 Å². The van der Waals surface area contributed by atoms with Gasteiger partial charge in [0, 0.05) is 17.7 Å². The molecule has 1 amide bonds. The van der Waals surface area contributed by atoms with Crippen LogP contribution in [0.2, 0.25) is 4.34 Å². The molecule has 4 nitrogen and oxygen atoms in total. The molecule has 0 saturated heterocycles. The highest BCUT2D eigenvalue weighted by atomic mass is 35.5. The number of hydrogen-bond donors (Lipinski definition) is 2. The number of nitrogens with two attached hydrogens (primary N) is 1. The van der Waals surface area contributed by atoms with E-state index in [9.17, 15) is 4.79 Å². The molecule has 0 aliphatic carbocycles. The van der Waals surface area contributed by atoms with Crippen molar-refractivity contribution in [3.63, 3.8) is 0 Å². The normalized spacial score (nSPS) is 14.2. The molecule has 1 aromatic heterocycles. The lowest BCUT2D eigenvalue weighted by Gasteiger charge is -2.17. The van der Waals surface area contributed by atoms with Crippen LogP contribution in [0.1, 0.15) is 12.0 Å². The number of nitrogens with one attached hydrogen (secondary N) is 1. The Morgan fingerprint density at radius 1 is 1.39 bits per heavy atom. The van der Waals surface area contributed by atoms with Gasteiger partial charge in [0.05, 0.1) is 0 Å². The number of amides is 1. The number of carbonyl (C=O) groups is 1. The summed E-state index contributed by atoms with van der Waals surface area (Å²) in [6.07, 6.45) is 1.26. The molecule has 1 aliphatic heterocycles. The Morgan fingerprint density at radius 2 is 2.22 bits per heavy atom. The van der Waals surface area contributed by atoms with Crippen molar-refractivity contribution in [2.24, 2.45) is 0 Å². The van der Waals surface area contributed by atoms with Gasteiger partial charge in [0.25, 0.3) is 0 Å². The number of fused-ring (bicyclic) bond motifs is 1. The van der Waals surface area contributed by atoms with Gasteiger partial charge in [-0.05, 0) is 24.1 Å². The van der Waals surface area contributed by atoms with Crippen LogP contribution in [0.4, 0.5) is 10.8 Å². The Hall–Kier alpha value is -1.59. The number of aryl methyl sites for hydroxylation is 1. The third-order valence-electron chi connectivity index (χ3n) is 2.88. The molecule has 1 aliphatic rings. The minimum atomic E-state index is 0.0613. The Balaban J connectivity index is 2.05. The van der Waals surface area contributed by atoms with Crippen molar-refractivity contribution in [2.75, 3.05) is 11.1 Å². The Morgan fingerprint density at radius 3 is 2.94 bits per heavy atom. The number of halogens is 1. The van der Waals surface area contributed by atoms with E-state index in [0.717, 1.165) is 23.2 Å². The van der Waals surface area contributed by atoms with Crippen LogP contribution in [0.5, 0.6) is 0 Å². The minimum Gasteiger partial charge on any atom is -0.375 e. The van der Waals surface area contributed by atoms with E-state index in [-0.39, 0.29) is 5.91 Å². The second-order valence-corrected chi connectivity index (χ2v) is 5.73. The first-order valence-corrected chi connectivity index (χ1v) is 6.68. The van der Waals surface area contributed by atoms with Crippen molar-refractivity contribution in [3.05, 3.63) is 28.1 Å². The van der Waals surface area contributed by atoms with E-state index in [1.165, 1.54) is 11.3 Å². The van der Waals surface area contributed by atoms with Crippen LogP contribution < -0.4 is 11.1 Å². The summed E-state index contributed by atoms with van der Waals surface area (Å²) in [7, 11) is 0. The van der Waals surface area contributed by atoms with Crippen LogP contribution in [-0.4, -0.2) is 10.9 Å². The second-order valence-electron chi connectivity index (χ2n) is 4.09. The number of anilines is 2. The van der Waals surface area contributed by atoms with Crippen LogP contribution >= 0.6 is 22.9 Å². The minimum absolute atomic E-state index is 0.0613. The molecule has 2 heterocycles.